The number of hydrogen-bond donors (Lipinski definition) is 2. The molecule has 3 N–H and O–H groups in total. The predicted molar refractivity (Wildman–Crippen MR) is 77.9 cm³/mol. The van der Waals surface area contributed by atoms with Gasteiger partial charge in [-0.05, 0) is 39.2 Å². The van der Waals surface area contributed by atoms with Gasteiger partial charge in [-0.1, -0.05) is 0 Å². The fourth-order valence-corrected chi connectivity index (χ4v) is 3.21. The second kappa shape index (κ2) is 5.09. The molecule has 1 saturated carbocycles. The Morgan fingerprint density at radius 1 is 1.50 bits per heavy atom. The second-order valence-corrected chi connectivity index (χ2v) is 5.95. The summed E-state index contributed by atoms with van der Waals surface area (Å²) in [6.45, 7) is 3.88. The minimum absolute atomic E-state index is 0.379. The Balaban J connectivity index is 1.92. The van der Waals surface area contributed by atoms with Crippen LogP contribution in [0.2, 0.25) is 0 Å². The van der Waals surface area contributed by atoms with Gasteiger partial charge in [0.2, 0.25) is 0 Å². The van der Waals surface area contributed by atoms with Crippen LogP contribution in [0, 0.1) is 6.92 Å². The van der Waals surface area contributed by atoms with E-state index in [1.165, 1.54) is 25.7 Å². The van der Waals surface area contributed by atoms with Gasteiger partial charge < -0.3 is 16.0 Å². The SMILES string of the molecule is Cc1nn(C)c(N(CC2CCCN2)C2CC2)c1C(N)=O. The number of nitrogens with zero attached hydrogens (tertiary/aromatic N) is 3. The van der Waals surface area contributed by atoms with Crippen LogP contribution in [0.25, 0.3) is 0 Å². The van der Waals surface area contributed by atoms with Crippen molar-refractivity contribution in [1.82, 2.24) is 15.1 Å². The molecule has 1 aliphatic heterocycles. The summed E-state index contributed by atoms with van der Waals surface area (Å²) < 4.78 is 1.81. The first-order valence-corrected chi connectivity index (χ1v) is 7.41. The van der Waals surface area contributed by atoms with E-state index >= 15 is 0 Å². The molecule has 0 radical (unpaired) electrons. The first-order valence-electron chi connectivity index (χ1n) is 7.41. The van der Waals surface area contributed by atoms with Crippen molar-refractivity contribution >= 4 is 11.7 Å². The van der Waals surface area contributed by atoms with Crippen molar-refractivity contribution in [2.24, 2.45) is 12.8 Å². The molecule has 2 aliphatic rings. The Labute approximate surface area is 119 Å². The maximum absolute atomic E-state index is 11.8. The molecule has 1 aromatic rings. The maximum Gasteiger partial charge on any atom is 0.254 e. The smallest absolute Gasteiger partial charge is 0.254 e. The van der Waals surface area contributed by atoms with Gasteiger partial charge in [0.05, 0.1) is 5.69 Å². The van der Waals surface area contributed by atoms with Gasteiger partial charge in [0.1, 0.15) is 11.4 Å². The van der Waals surface area contributed by atoms with Crippen LogP contribution >= 0.6 is 0 Å². The number of carbonyl (C=O) groups excluding carboxylic acids is 1. The highest BCUT2D eigenvalue weighted by atomic mass is 16.1. The third kappa shape index (κ3) is 2.40. The van der Waals surface area contributed by atoms with E-state index < -0.39 is 0 Å². The van der Waals surface area contributed by atoms with Crippen molar-refractivity contribution in [2.75, 3.05) is 18.0 Å². The van der Waals surface area contributed by atoms with Crippen LogP contribution in [0.15, 0.2) is 0 Å². The Bertz CT molecular complexity index is 514. The molecule has 3 rings (SSSR count). The lowest BCUT2D eigenvalue weighted by Crippen LogP contribution is -2.40. The summed E-state index contributed by atoms with van der Waals surface area (Å²) in [5.74, 6) is 0.516. The van der Waals surface area contributed by atoms with Crippen LogP contribution in [-0.4, -0.2) is 40.9 Å². The Kier molecular flexibility index (Phi) is 3.41. The lowest BCUT2D eigenvalue weighted by molar-refractivity contribution is 0.1000. The number of rotatable bonds is 5. The van der Waals surface area contributed by atoms with Gasteiger partial charge in [0, 0.05) is 25.7 Å². The van der Waals surface area contributed by atoms with Gasteiger partial charge in [-0.15, -0.1) is 0 Å². The molecule has 0 spiro atoms. The molecule has 0 bridgehead atoms. The number of nitrogens with two attached hydrogens (primary N) is 1. The van der Waals surface area contributed by atoms with Gasteiger partial charge in [-0.3, -0.25) is 9.48 Å². The molecule has 20 heavy (non-hydrogen) atoms. The predicted octanol–water partition coefficient (Wildman–Crippen LogP) is 0.548. The van der Waals surface area contributed by atoms with Gasteiger partial charge in [-0.25, -0.2) is 0 Å². The second-order valence-electron chi connectivity index (χ2n) is 5.95. The van der Waals surface area contributed by atoms with E-state index in [0.717, 1.165) is 24.6 Å². The van der Waals surface area contributed by atoms with E-state index in [-0.39, 0.29) is 5.91 Å². The molecule has 1 amide bonds. The van der Waals surface area contributed by atoms with Crippen molar-refractivity contribution in [3.63, 3.8) is 0 Å². The van der Waals surface area contributed by atoms with Gasteiger partial charge in [0.25, 0.3) is 5.91 Å². The highest BCUT2D eigenvalue weighted by Crippen LogP contribution is 2.34. The average Bonchev–Trinajstić information content (AvgIpc) is 3.01. The van der Waals surface area contributed by atoms with Crippen LogP contribution in [0.4, 0.5) is 5.82 Å². The Hall–Kier alpha value is -1.56. The van der Waals surface area contributed by atoms with Crippen LogP contribution in [-0.2, 0) is 7.05 Å². The first-order chi connectivity index (χ1) is 9.58. The summed E-state index contributed by atoms with van der Waals surface area (Å²) in [5, 5.41) is 7.92. The lowest BCUT2D eigenvalue weighted by atomic mass is 10.1. The molecule has 110 valence electrons. The van der Waals surface area contributed by atoms with Crippen LogP contribution < -0.4 is 16.0 Å². The number of carbonyl (C=O) groups is 1. The number of amides is 1. The molecular weight excluding hydrogens is 254 g/mol. The first kappa shape index (κ1) is 13.4. The molecule has 1 atom stereocenters. The number of anilines is 1. The quantitative estimate of drug-likeness (QED) is 0.824. The van der Waals surface area contributed by atoms with E-state index in [1.807, 2.05) is 18.7 Å². The number of aryl methyl sites for hydroxylation is 2. The average molecular weight is 277 g/mol. The minimum atomic E-state index is -0.379. The van der Waals surface area contributed by atoms with Crippen molar-refractivity contribution < 1.29 is 4.79 Å². The number of aromatic nitrogens is 2. The van der Waals surface area contributed by atoms with E-state index in [1.54, 1.807) is 0 Å². The topological polar surface area (TPSA) is 76.2 Å². The van der Waals surface area contributed by atoms with Gasteiger partial charge in [-0.2, -0.15) is 5.10 Å². The van der Waals surface area contributed by atoms with Crippen molar-refractivity contribution in [1.29, 1.82) is 0 Å². The van der Waals surface area contributed by atoms with Crippen molar-refractivity contribution in [3.05, 3.63) is 11.3 Å². The zero-order valence-corrected chi connectivity index (χ0v) is 12.2. The summed E-state index contributed by atoms with van der Waals surface area (Å²) in [5.41, 5.74) is 6.86. The minimum Gasteiger partial charge on any atom is -0.365 e. The fourth-order valence-electron chi connectivity index (χ4n) is 3.21. The highest BCUT2D eigenvalue weighted by Gasteiger charge is 2.35. The molecular formula is C14H23N5O. The lowest BCUT2D eigenvalue weighted by Gasteiger charge is -2.28. The molecule has 1 unspecified atom stereocenters. The summed E-state index contributed by atoms with van der Waals surface area (Å²) in [6.07, 6.45) is 4.81. The fraction of sp³-hybridized carbons (Fsp3) is 0.714. The highest BCUT2D eigenvalue weighted by molar-refractivity contribution is 5.99. The van der Waals surface area contributed by atoms with E-state index in [4.69, 9.17) is 5.73 Å². The van der Waals surface area contributed by atoms with Crippen LogP contribution in [0.5, 0.6) is 0 Å². The summed E-state index contributed by atoms with van der Waals surface area (Å²) in [6, 6.07) is 1.04. The van der Waals surface area contributed by atoms with E-state index in [9.17, 15) is 4.79 Å². The van der Waals surface area contributed by atoms with Crippen LogP contribution in [0.1, 0.15) is 41.7 Å². The molecule has 2 fully saturated rings. The van der Waals surface area contributed by atoms with E-state index in [2.05, 4.69) is 15.3 Å². The third-order valence-electron chi connectivity index (χ3n) is 4.28. The summed E-state index contributed by atoms with van der Waals surface area (Å²) >= 11 is 0. The number of nitrogens with one attached hydrogen (secondary N) is 1. The molecule has 2 heterocycles. The standard InChI is InChI=1S/C14H23N5O/c1-9-12(13(15)20)14(18(2)17-9)19(11-5-6-11)8-10-4-3-7-16-10/h10-11,16H,3-8H2,1-2H3,(H2,15,20). The molecule has 0 aromatic carbocycles. The largest absolute Gasteiger partial charge is 0.365 e. The molecule has 1 saturated heterocycles. The summed E-state index contributed by atoms with van der Waals surface area (Å²) in [4.78, 5) is 14.1. The maximum atomic E-state index is 11.8. The van der Waals surface area contributed by atoms with Crippen LogP contribution in [0.3, 0.4) is 0 Å². The normalized spacial score (nSPS) is 22.2. The van der Waals surface area contributed by atoms with E-state index in [0.29, 0.717) is 17.6 Å². The molecule has 1 aromatic heterocycles. The summed E-state index contributed by atoms with van der Waals surface area (Å²) in [7, 11) is 1.90. The zero-order chi connectivity index (χ0) is 14.3. The zero-order valence-electron chi connectivity index (χ0n) is 12.2. The number of hydrogen-bond acceptors (Lipinski definition) is 4. The van der Waals surface area contributed by atoms with Crippen molar-refractivity contribution in [2.45, 2.75) is 44.7 Å². The molecule has 1 aliphatic carbocycles. The van der Waals surface area contributed by atoms with Crippen molar-refractivity contribution in [3.8, 4) is 0 Å². The monoisotopic (exact) mass is 277 g/mol. The Morgan fingerprint density at radius 3 is 2.80 bits per heavy atom. The Morgan fingerprint density at radius 2 is 2.25 bits per heavy atom. The number of primary amides is 1. The van der Waals surface area contributed by atoms with Gasteiger partial charge >= 0.3 is 0 Å². The third-order valence-corrected chi connectivity index (χ3v) is 4.28. The van der Waals surface area contributed by atoms with Gasteiger partial charge in [0.15, 0.2) is 0 Å². The molecule has 6 heteroatoms. The molecule has 6 nitrogen and oxygen atoms in total.